The van der Waals surface area contributed by atoms with Crippen LogP contribution in [-0.4, -0.2) is 46.7 Å². The summed E-state index contributed by atoms with van der Waals surface area (Å²) in [6.45, 7) is 2.18. The molecule has 0 N–H and O–H groups in total. The van der Waals surface area contributed by atoms with E-state index in [2.05, 4.69) is 15.9 Å². The Hall–Kier alpha value is -3.12. The van der Waals surface area contributed by atoms with Gasteiger partial charge < -0.3 is 14.2 Å². The first kappa shape index (κ1) is 21.1. The number of amides is 2. The van der Waals surface area contributed by atoms with E-state index < -0.39 is 64.2 Å². The number of ether oxygens (including phenoxy) is 3. The number of benzene rings is 1. The highest BCUT2D eigenvalue weighted by molar-refractivity contribution is 9.10. The highest BCUT2D eigenvalue weighted by Crippen LogP contribution is 2.55. The van der Waals surface area contributed by atoms with E-state index in [0.717, 1.165) is 18.7 Å². The fourth-order valence-electron chi connectivity index (χ4n) is 4.29. The zero-order valence-electron chi connectivity index (χ0n) is 16.1. The third-order valence-electron chi connectivity index (χ3n) is 5.37. The van der Waals surface area contributed by atoms with Gasteiger partial charge in [0, 0.05) is 24.4 Å². The lowest BCUT2D eigenvalue weighted by atomic mass is 9.76. The monoisotopic (exact) mass is 494 g/mol. The number of nitro benzene ring substituents is 1. The van der Waals surface area contributed by atoms with Crippen molar-refractivity contribution >= 4 is 51.1 Å². The maximum Gasteiger partial charge on any atom is 0.305 e. The van der Waals surface area contributed by atoms with E-state index in [0.29, 0.717) is 4.47 Å². The number of anilines is 1. The molecule has 3 heterocycles. The number of fused-ring (bicyclic) bond motifs is 5. The third-order valence-corrected chi connectivity index (χ3v) is 5.86. The number of esters is 2. The Morgan fingerprint density at radius 3 is 2.45 bits per heavy atom. The first-order valence-corrected chi connectivity index (χ1v) is 9.89. The van der Waals surface area contributed by atoms with E-state index in [1.807, 2.05) is 0 Å². The van der Waals surface area contributed by atoms with Gasteiger partial charge in [0.05, 0.1) is 22.9 Å². The van der Waals surface area contributed by atoms with E-state index in [1.165, 1.54) is 30.4 Å². The minimum atomic E-state index is -1.72. The lowest BCUT2D eigenvalue weighted by molar-refractivity contribution is -0.384. The molecule has 3 aliphatic rings. The number of carbonyl (C=O) groups excluding carboxylic acids is 4. The average molecular weight is 495 g/mol. The Morgan fingerprint density at radius 1 is 1.23 bits per heavy atom. The smallest absolute Gasteiger partial charge is 0.305 e. The zero-order chi connectivity index (χ0) is 22.7. The molecule has 0 aromatic heterocycles. The molecule has 1 aromatic rings. The fourth-order valence-corrected chi connectivity index (χ4v) is 4.64. The van der Waals surface area contributed by atoms with Crippen LogP contribution >= 0.6 is 15.9 Å². The predicted molar refractivity (Wildman–Crippen MR) is 104 cm³/mol. The van der Waals surface area contributed by atoms with E-state index in [9.17, 15) is 29.3 Å². The molecule has 0 aliphatic carbocycles. The van der Waals surface area contributed by atoms with Crippen molar-refractivity contribution in [2.75, 3.05) is 4.90 Å². The van der Waals surface area contributed by atoms with Crippen LogP contribution in [0.1, 0.15) is 13.8 Å². The van der Waals surface area contributed by atoms with Crippen molar-refractivity contribution in [3.8, 4) is 0 Å². The second-order valence-corrected chi connectivity index (χ2v) is 8.17. The SMILES string of the molecule is CC(=O)OC(OC(C)=O)[C@@]12C=C[C@@H](O1)[C@@H]1C(=O)N(c3ccc(Br)cc3[N+](=O)[O-])C(=O)[C@H]12. The van der Waals surface area contributed by atoms with Gasteiger partial charge in [0.2, 0.25) is 11.8 Å². The topological polar surface area (TPSA) is 142 Å². The molecule has 2 fully saturated rings. The van der Waals surface area contributed by atoms with Crippen LogP contribution in [0.5, 0.6) is 0 Å². The van der Waals surface area contributed by atoms with Gasteiger partial charge in [0.25, 0.3) is 12.0 Å². The molecular formula is C19H15BrN2O9. The average Bonchev–Trinajstić information content (AvgIpc) is 3.32. The number of nitrogens with zero attached hydrogens (tertiary/aromatic N) is 2. The predicted octanol–water partition coefficient (Wildman–Crippen LogP) is 1.62. The van der Waals surface area contributed by atoms with Crippen LogP contribution in [0.25, 0.3) is 0 Å². The zero-order valence-corrected chi connectivity index (χ0v) is 17.7. The number of nitro groups is 1. The Labute approximate surface area is 183 Å². The van der Waals surface area contributed by atoms with Crippen LogP contribution in [0, 0.1) is 22.0 Å². The molecule has 0 saturated carbocycles. The van der Waals surface area contributed by atoms with Gasteiger partial charge in [-0.3, -0.25) is 29.3 Å². The Balaban J connectivity index is 1.79. The normalized spacial score (nSPS) is 28.3. The van der Waals surface area contributed by atoms with Gasteiger partial charge in [-0.25, -0.2) is 4.90 Å². The molecular weight excluding hydrogens is 480 g/mol. The third kappa shape index (κ3) is 3.13. The molecule has 0 radical (unpaired) electrons. The van der Waals surface area contributed by atoms with Crippen LogP contribution < -0.4 is 4.90 Å². The van der Waals surface area contributed by atoms with Gasteiger partial charge in [-0.1, -0.05) is 22.0 Å². The van der Waals surface area contributed by atoms with Crippen molar-refractivity contribution in [2.45, 2.75) is 31.8 Å². The van der Waals surface area contributed by atoms with Gasteiger partial charge in [-0.05, 0) is 18.2 Å². The minimum absolute atomic E-state index is 0.191. The van der Waals surface area contributed by atoms with Crippen molar-refractivity contribution in [2.24, 2.45) is 11.8 Å². The summed E-state index contributed by atoms with van der Waals surface area (Å²) in [6.07, 6.45) is 0.483. The number of imide groups is 1. The molecule has 11 nitrogen and oxygen atoms in total. The standard InChI is InChI=1S/C19H15BrN2O9/c1-8(23)29-18(30-9(2)24)19-6-5-13(31-19)14-15(19)17(26)21(16(14)25)11-4-3-10(20)7-12(11)22(27)28/h3-7,13-15,18H,1-2H3/t13-,14+,15+,19+/m1/s1. The molecule has 162 valence electrons. The van der Waals surface area contributed by atoms with Crippen molar-refractivity contribution in [1.29, 1.82) is 0 Å². The summed E-state index contributed by atoms with van der Waals surface area (Å²) in [4.78, 5) is 61.4. The first-order valence-electron chi connectivity index (χ1n) is 9.10. The Bertz CT molecular complexity index is 1050. The molecule has 2 bridgehead atoms. The van der Waals surface area contributed by atoms with Crippen LogP contribution in [0.4, 0.5) is 11.4 Å². The summed E-state index contributed by atoms with van der Waals surface area (Å²) in [5, 5.41) is 11.5. The summed E-state index contributed by atoms with van der Waals surface area (Å²) in [5.41, 5.74) is -2.36. The molecule has 4 atom stereocenters. The highest BCUT2D eigenvalue weighted by Gasteiger charge is 2.72. The molecule has 0 unspecified atom stereocenters. The van der Waals surface area contributed by atoms with Crippen molar-refractivity contribution < 1.29 is 38.3 Å². The Kier molecular flexibility index (Phi) is 4.93. The van der Waals surface area contributed by atoms with E-state index in [4.69, 9.17) is 14.2 Å². The van der Waals surface area contributed by atoms with E-state index in [-0.39, 0.29) is 5.69 Å². The van der Waals surface area contributed by atoms with Crippen LogP contribution in [-0.2, 0) is 33.4 Å². The van der Waals surface area contributed by atoms with E-state index >= 15 is 0 Å². The van der Waals surface area contributed by atoms with Gasteiger partial charge >= 0.3 is 11.9 Å². The number of hydrogen-bond acceptors (Lipinski definition) is 9. The largest absolute Gasteiger partial charge is 0.422 e. The van der Waals surface area contributed by atoms with Gasteiger partial charge in [0.15, 0.2) is 5.60 Å². The molecule has 2 amide bonds. The van der Waals surface area contributed by atoms with Crippen LogP contribution in [0.2, 0.25) is 0 Å². The summed E-state index contributed by atoms with van der Waals surface area (Å²) in [7, 11) is 0. The molecule has 4 rings (SSSR count). The van der Waals surface area contributed by atoms with Crippen molar-refractivity contribution in [3.63, 3.8) is 0 Å². The molecule has 2 saturated heterocycles. The maximum atomic E-state index is 13.4. The van der Waals surface area contributed by atoms with Crippen LogP contribution in [0.15, 0.2) is 34.8 Å². The lowest BCUT2D eigenvalue weighted by Crippen LogP contribution is -2.52. The molecule has 1 aromatic carbocycles. The lowest BCUT2D eigenvalue weighted by Gasteiger charge is -2.34. The molecule has 12 heteroatoms. The second kappa shape index (κ2) is 7.24. The quantitative estimate of drug-likeness (QED) is 0.149. The minimum Gasteiger partial charge on any atom is -0.422 e. The molecule has 3 aliphatic heterocycles. The van der Waals surface area contributed by atoms with Crippen molar-refractivity contribution in [1.82, 2.24) is 0 Å². The Morgan fingerprint density at radius 2 is 1.87 bits per heavy atom. The summed E-state index contributed by atoms with van der Waals surface area (Å²) in [5.74, 6) is -5.28. The second-order valence-electron chi connectivity index (χ2n) is 7.25. The first-order chi connectivity index (χ1) is 14.6. The summed E-state index contributed by atoms with van der Waals surface area (Å²) < 4.78 is 16.5. The van der Waals surface area contributed by atoms with Gasteiger partial charge in [-0.15, -0.1) is 0 Å². The number of carbonyl (C=O) groups is 4. The van der Waals surface area contributed by atoms with Gasteiger partial charge in [0.1, 0.15) is 5.69 Å². The molecule has 31 heavy (non-hydrogen) atoms. The number of halogens is 1. The molecule has 0 spiro atoms. The highest BCUT2D eigenvalue weighted by atomic mass is 79.9. The van der Waals surface area contributed by atoms with Crippen LogP contribution in [0.3, 0.4) is 0 Å². The van der Waals surface area contributed by atoms with Gasteiger partial charge in [-0.2, -0.15) is 0 Å². The summed E-state index contributed by atoms with van der Waals surface area (Å²) in [6, 6.07) is 3.94. The fraction of sp³-hybridized carbons (Fsp3) is 0.368. The summed E-state index contributed by atoms with van der Waals surface area (Å²) >= 11 is 3.13. The maximum absolute atomic E-state index is 13.4. The number of hydrogen-bond donors (Lipinski definition) is 0. The van der Waals surface area contributed by atoms with Crippen molar-refractivity contribution in [3.05, 3.63) is 44.9 Å². The number of rotatable bonds is 5. The van der Waals surface area contributed by atoms with E-state index in [1.54, 1.807) is 0 Å².